The van der Waals surface area contributed by atoms with E-state index in [9.17, 15) is 23.3 Å². The summed E-state index contributed by atoms with van der Waals surface area (Å²) in [5.41, 5.74) is 0.378. The number of nitro groups is 1. The normalized spacial score (nSPS) is 15.3. The SMILES string of the molecule is O=C(Nc1ccc(S(=O)(=O)c2ccc([N+](=O)[O-])cc2)cc1)C1CCCCC1. The third kappa shape index (κ3) is 4.33. The summed E-state index contributed by atoms with van der Waals surface area (Å²) in [6.45, 7) is 0. The molecule has 0 saturated heterocycles. The number of hydrogen-bond donors (Lipinski definition) is 1. The van der Waals surface area contributed by atoms with E-state index in [1.54, 1.807) is 12.1 Å². The van der Waals surface area contributed by atoms with Crippen molar-refractivity contribution in [2.45, 2.75) is 41.9 Å². The lowest BCUT2D eigenvalue weighted by atomic mass is 9.88. The first-order valence-electron chi connectivity index (χ1n) is 8.78. The van der Waals surface area contributed by atoms with Crippen LogP contribution in [-0.2, 0) is 14.6 Å². The standard InChI is InChI=1S/C19H20N2O5S/c22-19(14-4-2-1-3-5-14)20-15-6-10-17(11-7-15)27(25,26)18-12-8-16(9-13-18)21(23)24/h6-14H,1-5H2,(H,20,22). The number of nitro benzene ring substituents is 1. The highest BCUT2D eigenvalue weighted by atomic mass is 32.2. The number of sulfone groups is 1. The first kappa shape index (κ1) is 19.0. The Hall–Kier alpha value is -2.74. The van der Waals surface area contributed by atoms with Gasteiger partial charge in [-0.15, -0.1) is 0 Å². The summed E-state index contributed by atoms with van der Waals surface area (Å²) >= 11 is 0. The van der Waals surface area contributed by atoms with Crippen LogP contribution >= 0.6 is 0 Å². The maximum absolute atomic E-state index is 12.6. The van der Waals surface area contributed by atoms with Crippen molar-refractivity contribution in [3.63, 3.8) is 0 Å². The zero-order chi connectivity index (χ0) is 19.4. The van der Waals surface area contributed by atoms with Gasteiger partial charge in [-0.25, -0.2) is 8.42 Å². The van der Waals surface area contributed by atoms with Gasteiger partial charge in [0.2, 0.25) is 15.7 Å². The molecule has 1 aliphatic carbocycles. The van der Waals surface area contributed by atoms with Crippen molar-refractivity contribution in [3.8, 4) is 0 Å². The Kier molecular flexibility index (Phi) is 5.55. The van der Waals surface area contributed by atoms with E-state index >= 15 is 0 Å². The molecule has 27 heavy (non-hydrogen) atoms. The van der Waals surface area contributed by atoms with Crippen molar-refractivity contribution in [2.24, 2.45) is 5.92 Å². The molecule has 1 aliphatic rings. The van der Waals surface area contributed by atoms with Crippen molar-refractivity contribution >= 4 is 27.1 Å². The number of nitrogens with one attached hydrogen (secondary N) is 1. The molecule has 0 unspecified atom stereocenters. The van der Waals surface area contributed by atoms with Gasteiger partial charge in [-0.05, 0) is 49.2 Å². The highest BCUT2D eigenvalue weighted by molar-refractivity contribution is 7.91. The van der Waals surface area contributed by atoms with Crippen molar-refractivity contribution in [1.29, 1.82) is 0 Å². The molecule has 0 bridgehead atoms. The zero-order valence-electron chi connectivity index (χ0n) is 14.6. The predicted molar refractivity (Wildman–Crippen MR) is 100 cm³/mol. The van der Waals surface area contributed by atoms with E-state index < -0.39 is 14.8 Å². The van der Waals surface area contributed by atoms with E-state index in [1.165, 1.54) is 30.7 Å². The molecular formula is C19H20N2O5S. The molecule has 1 amide bonds. The van der Waals surface area contributed by atoms with E-state index in [0.29, 0.717) is 5.69 Å². The maximum atomic E-state index is 12.6. The molecule has 7 nitrogen and oxygen atoms in total. The lowest BCUT2D eigenvalue weighted by Gasteiger charge is -2.20. The third-order valence-corrected chi connectivity index (χ3v) is 6.55. The Morgan fingerprint density at radius 1 is 0.926 bits per heavy atom. The summed E-state index contributed by atoms with van der Waals surface area (Å²) in [7, 11) is -3.78. The molecule has 8 heteroatoms. The van der Waals surface area contributed by atoms with Gasteiger partial charge < -0.3 is 5.32 Å². The van der Waals surface area contributed by atoms with Crippen molar-refractivity contribution in [3.05, 3.63) is 58.6 Å². The number of rotatable bonds is 5. The zero-order valence-corrected chi connectivity index (χ0v) is 15.4. The number of amides is 1. The first-order chi connectivity index (χ1) is 12.9. The Bertz CT molecular complexity index is 931. The first-order valence-corrected chi connectivity index (χ1v) is 10.3. The van der Waals surface area contributed by atoms with E-state index in [2.05, 4.69) is 5.32 Å². The summed E-state index contributed by atoms with van der Waals surface area (Å²) in [6, 6.07) is 10.7. The fourth-order valence-electron chi connectivity index (χ4n) is 3.21. The lowest BCUT2D eigenvalue weighted by molar-refractivity contribution is -0.384. The number of carbonyl (C=O) groups is 1. The second-order valence-electron chi connectivity index (χ2n) is 6.60. The molecule has 0 radical (unpaired) electrons. The topological polar surface area (TPSA) is 106 Å². The van der Waals surface area contributed by atoms with Gasteiger partial charge in [-0.3, -0.25) is 14.9 Å². The molecule has 3 rings (SSSR count). The van der Waals surface area contributed by atoms with Gasteiger partial charge in [0.15, 0.2) is 0 Å². The molecule has 142 valence electrons. The maximum Gasteiger partial charge on any atom is 0.269 e. The quantitative estimate of drug-likeness (QED) is 0.617. The van der Waals surface area contributed by atoms with Crippen LogP contribution in [0.1, 0.15) is 32.1 Å². The smallest absolute Gasteiger partial charge is 0.269 e. The molecule has 0 aromatic heterocycles. The molecule has 1 saturated carbocycles. The van der Waals surface area contributed by atoms with E-state index in [-0.39, 0.29) is 27.3 Å². The molecule has 0 heterocycles. The van der Waals surface area contributed by atoms with Crippen LogP contribution in [0.3, 0.4) is 0 Å². The van der Waals surface area contributed by atoms with Gasteiger partial charge >= 0.3 is 0 Å². The molecule has 0 atom stereocenters. The van der Waals surface area contributed by atoms with E-state index in [4.69, 9.17) is 0 Å². The molecule has 1 fully saturated rings. The average molecular weight is 388 g/mol. The van der Waals surface area contributed by atoms with E-state index in [1.807, 2.05) is 0 Å². The molecule has 2 aromatic carbocycles. The molecule has 0 aliphatic heterocycles. The fourth-order valence-corrected chi connectivity index (χ4v) is 4.47. The Morgan fingerprint density at radius 3 is 1.96 bits per heavy atom. The van der Waals surface area contributed by atoms with Crippen molar-refractivity contribution in [2.75, 3.05) is 5.32 Å². The van der Waals surface area contributed by atoms with Crippen molar-refractivity contribution < 1.29 is 18.1 Å². The third-order valence-electron chi connectivity index (χ3n) is 4.77. The number of nitrogens with zero attached hydrogens (tertiary/aromatic N) is 1. The fraction of sp³-hybridized carbons (Fsp3) is 0.316. The Labute approximate surface area is 157 Å². The van der Waals surface area contributed by atoms with Crippen LogP contribution in [-0.4, -0.2) is 19.2 Å². The van der Waals surface area contributed by atoms with Crippen LogP contribution in [0, 0.1) is 16.0 Å². The van der Waals surface area contributed by atoms with E-state index in [0.717, 1.165) is 37.8 Å². The highest BCUT2D eigenvalue weighted by Gasteiger charge is 2.22. The number of non-ortho nitro benzene ring substituents is 1. The minimum absolute atomic E-state index is 0.0160. The Morgan fingerprint density at radius 2 is 1.44 bits per heavy atom. The molecule has 1 N–H and O–H groups in total. The monoisotopic (exact) mass is 388 g/mol. The minimum Gasteiger partial charge on any atom is -0.326 e. The second kappa shape index (κ2) is 7.87. The molecular weight excluding hydrogens is 368 g/mol. The second-order valence-corrected chi connectivity index (χ2v) is 8.55. The highest BCUT2D eigenvalue weighted by Crippen LogP contribution is 2.27. The lowest BCUT2D eigenvalue weighted by Crippen LogP contribution is -2.24. The van der Waals surface area contributed by atoms with Crippen LogP contribution in [0.25, 0.3) is 0 Å². The van der Waals surface area contributed by atoms with Gasteiger partial charge in [0.1, 0.15) is 0 Å². The van der Waals surface area contributed by atoms with Crippen molar-refractivity contribution in [1.82, 2.24) is 0 Å². The summed E-state index contributed by atoms with van der Waals surface area (Å²) < 4.78 is 25.3. The number of benzene rings is 2. The summed E-state index contributed by atoms with van der Waals surface area (Å²) in [4.78, 5) is 22.4. The Balaban J connectivity index is 1.73. The summed E-state index contributed by atoms with van der Waals surface area (Å²) in [6.07, 6.45) is 5.06. The van der Waals surface area contributed by atoms with Crippen LogP contribution in [0.15, 0.2) is 58.3 Å². The predicted octanol–water partition coefficient (Wildman–Crippen LogP) is 3.95. The van der Waals surface area contributed by atoms with Crippen LogP contribution in [0.2, 0.25) is 0 Å². The van der Waals surface area contributed by atoms with Crippen LogP contribution in [0.5, 0.6) is 0 Å². The number of anilines is 1. The van der Waals surface area contributed by atoms with Gasteiger partial charge in [0, 0.05) is 23.7 Å². The minimum atomic E-state index is -3.78. The largest absolute Gasteiger partial charge is 0.326 e. The van der Waals surface area contributed by atoms with Crippen LogP contribution < -0.4 is 5.32 Å². The summed E-state index contributed by atoms with van der Waals surface area (Å²) in [5, 5.41) is 13.5. The molecule has 0 spiro atoms. The van der Waals surface area contributed by atoms with Gasteiger partial charge in [0.25, 0.3) is 5.69 Å². The number of hydrogen-bond acceptors (Lipinski definition) is 5. The number of carbonyl (C=O) groups excluding carboxylic acids is 1. The van der Waals surface area contributed by atoms with Gasteiger partial charge in [-0.2, -0.15) is 0 Å². The average Bonchev–Trinajstić information content (AvgIpc) is 2.69. The summed E-state index contributed by atoms with van der Waals surface area (Å²) in [5.74, 6) is -0.0112. The van der Waals surface area contributed by atoms with Gasteiger partial charge in [0.05, 0.1) is 14.7 Å². The van der Waals surface area contributed by atoms with Crippen LogP contribution in [0.4, 0.5) is 11.4 Å². The van der Waals surface area contributed by atoms with Gasteiger partial charge in [-0.1, -0.05) is 19.3 Å². The molecule has 2 aromatic rings.